The van der Waals surface area contributed by atoms with Gasteiger partial charge in [0.15, 0.2) is 17.6 Å². The van der Waals surface area contributed by atoms with Crippen LogP contribution in [-0.4, -0.2) is 56.3 Å². The van der Waals surface area contributed by atoms with Crippen LogP contribution < -0.4 is 19.5 Å². The molecular weight excluding hydrogens is 430 g/mol. The summed E-state index contributed by atoms with van der Waals surface area (Å²) in [5.74, 6) is 0.553. The lowest BCUT2D eigenvalue weighted by molar-refractivity contribution is -0.153. The molecule has 0 aliphatic heterocycles. The number of carboxylic acids is 1. The molecule has 0 saturated heterocycles. The number of hydrogen-bond donors (Lipinski definition) is 2. The molecule has 2 atom stereocenters. The fourth-order valence-corrected chi connectivity index (χ4v) is 3.01. The largest absolute Gasteiger partial charge is 0.493 e. The molecule has 0 bridgehead atoms. The summed E-state index contributed by atoms with van der Waals surface area (Å²) in [6, 6.07) is 12.1. The van der Waals surface area contributed by atoms with Gasteiger partial charge in [0.25, 0.3) is 0 Å². The Morgan fingerprint density at radius 1 is 1.00 bits per heavy atom. The molecule has 0 spiro atoms. The predicted octanol–water partition coefficient (Wildman–Crippen LogP) is 4.14. The highest BCUT2D eigenvalue weighted by molar-refractivity contribution is 5.85. The third-order valence-electron chi connectivity index (χ3n) is 4.45. The summed E-state index contributed by atoms with van der Waals surface area (Å²) in [6.45, 7) is 5.35. The molecule has 9 nitrogen and oxygen atoms in total. The molecule has 2 aromatic carbocycles. The third-order valence-corrected chi connectivity index (χ3v) is 4.45. The summed E-state index contributed by atoms with van der Waals surface area (Å²) in [5, 5.41) is 12.0. The van der Waals surface area contributed by atoms with E-state index in [1.807, 2.05) is 6.07 Å². The molecule has 0 aliphatic rings. The molecule has 0 aromatic heterocycles. The zero-order valence-electron chi connectivity index (χ0n) is 19.5. The van der Waals surface area contributed by atoms with E-state index < -0.39 is 24.3 Å². The van der Waals surface area contributed by atoms with Crippen molar-refractivity contribution in [3.8, 4) is 17.2 Å². The minimum atomic E-state index is -1.02. The van der Waals surface area contributed by atoms with Gasteiger partial charge >= 0.3 is 12.1 Å². The summed E-state index contributed by atoms with van der Waals surface area (Å²) in [7, 11) is 3.04. The third kappa shape index (κ3) is 8.53. The summed E-state index contributed by atoms with van der Waals surface area (Å²) < 4.78 is 26.9. The van der Waals surface area contributed by atoms with Crippen molar-refractivity contribution < 1.29 is 38.4 Å². The zero-order chi connectivity index (χ0) is 24.4. The van der Waals surface area contributed by atoms with Crippen LogP contribution in [-0.2, 0) is 20.7 Å². The molecule has 180 valence electrons. The number of hydrogen-bond acceptors (Lipinski definition) is 7. The van der Waals surface area contributed by atoms with E-state index in [2.05, 4.69) is 5.32 Å². The monoisotopic (exact) mass is 461 g/mol. The van der Waals surface area contributed by atoms with Gasteiger partial charge in [-0.25, -0.2) is 9.59 Å². The van der Waals surface area contributed by atoms with Crippen molar-refractivity contribution in [2.24, 2.45) is 0 Å². The molecule has 2 unspecified atom stereocenters. The second-order valence-electron chi connectivity index (χ2n) is 7.58. The maximum atomic E-state index is 12.1. The molecule has 1 amide bonds. The Morgan fingerprint density at radius 3 is 2.36 bits per heavy atom. The Labute approximate surface area is 193 Å². The average molecular weight is 462 g/mol. The lowest BCUT2D eigenvalue weighted by Crippen LogP contribution is -2.29. The maximum absolute atomic E-state index is 12.1. The normalized spacial score (nSPS) is 12.5. The summed E-state index contributed by atoms with van der Waals surface area (Å²) in [4.78, 5) is 23.5. The first-order valence-electron chi connectivity index (χ1n) is 10.5. The predicted molar refractivity (Wildman–Crippen MR) is 122 cm³/mol. The van der Waals surface area contributed by atoms with Gasteiger partial charge in [-0.05, 0) is 50.6 Å². The first-order chi connectivity index (χ1) is 15.7. The molecule has 2 rings (SSSR count). The smallest absolute Gasteiger partial charge is 0.411 e. The van der Waals surface area contributed by atoms with E-state index in [0.717, 1.165) is 5.56 Å². The van der Waals surface area contributed by atoms with E-state index >= 15 is 0 Å². The van der Waals surface area contributed by atoms with Crippen LogP contribution in [0.2, 0.25) is 0 Å². The minimum Gasteiger partial charge on any atom is -0.493 e. The fourth-order valence-electron chi connectivity index (χ4n) is 3.01. The topological polar surface area (TPSA) is 113 Å². The van der Waals surface area contributed by atoms with Crippen LogP contribution in [0.5, 0.6) is 17.2 Å². The standard InChI is InChI=1S/C24H31NO8/c1-15(2)32-22(23(26)27)12-17-7-6-8-19(11-17)33-16(3)14-31-24(28)25-18-9-10-20(29-4)21(13-18)30-5/h6-11,13,15-16,22H,12,14H2,1-5H3,(H,25,28)(H,26,27). The molecule has 0 heterocycles. The highest BCUT2D eigenvalue weighted by Gasteiger charge is 2.20. The van der Waals surface area contributed by atoms with Crippen molar-refractivity contribution in [3.63, 3.8) is 0 Å². The number of benzene rings is 2. The van der Waals surface area contributed by atoms with Gasteiger partial charge in [0.1, 0.15) is 18.5 Å². The van der Waals surface area contributed by atoms with Crippen LogP contribution in [0, 0.1) is 0 Å². The first kappa shape index (κ1) is 25.8. The Morgan fingerprint density at radius 2 is 1.73 bits per heavy atom. The molecule has 9 heteroatoms. The molecule has 33 heavy (non-hydrogen) atoms. The van der Waals surface area contributed by atoms with Gasteiger partial charge in [0.2, 0.25) is 0 Å². The average Bonchev–Trinajstić information content (AvgIpc) is 2.77. The Balaban J connectivity index is 1.88. The molecule has 2 aromatic rings. The number of amides is 1. The van der Waals surface area contributed by atoms with E-state index in [-0.39, 0.29) is 19.1 Å². The van der Waals surface area contributed by atoms with Gasteiger partial charge in [0.05, 0.1) is 20.3 Å². The van der Waals surface area contributed by atoms with E-state index in [0.29, 0.717) is 22.9 Å². The van der Waals surface area contributed by atoms with Crippen molar-refractivity contribution >= 4 is 17.7 Å². The van der Waals surface area contributed by atoms with Gasteiger partial charge in [-0.3, -0.25) is 5.32 Å². The molecule has 2 N–H and O–H groups in total. The lowest BCUT2D eigenvalue weighted by Gasteiger charge is -2.18. The van der Waals surface area contributed by atoms with Crippen LogP contribution in [0.15, 0.2) is 42.5 Å². The van der Waals surface area contributed by atoms with E-state index in [4.69, 9.17) is 23.7 Å². The van der Waals surface area contributed by atoms with Crippen molar-refractivity contribution in [2.75, 3.05) is 26.1 Å². The Kier molecular flexibility index (Phi) is 9.81. The van der Waals surface area contributed by atoms with E-state index in [9.17, 15) is 14.7 Å². The van der Waals surface area contributed by atoms with Crippen molar-refractivity contribution in [3.05, 3.63) is 48.0 Å². The van der Waals surface area contributed by atoms with Gasteiger partial charge in [-0.1, -0.05) is 12.1 Å². The molecule has 0 aliphatic carbocycles. The second kappa shape index (κ2) is 12.5. The summed E-state index contributed by atoms with van der Waals surface area (Å²) in [5.41, 5.74) is 1.26. The molecule has 0 fully saturated rings. The maximum Gasteiger partial charge on any atom is 0.411 e. The number of carboxylic acid groups (broad SMARTS) is 1. The van der Waals surface area contributed by atoms with Gasteiger partial charge in [-0.15, -0.1) is 0 Å². The summed E-state index contributed by atoms with van der Waals surface area (Å²) >= 11 is 0. The number of carbonyl (C=O) groups excluding carboxylic acids is 1. The lowest BCUT2D eigenvalue weighted by atomic mass is 10.1. The second-order valence-corrected chi connectivity index (χ2v) is 7.58. The van der Waals surface area contributed by atoms with Gasteiger partial charge in [0, 0.05) is 18.2 Å². The quantitative estimate of drug-likeness (QED) is 0.485. The van der Waals surface area contributed by atoms with Crippen molar-refractivity contribution in [1.29, 1.82) is 0 Å². The first-order valence-corrected chi connectivity index (χ1v) is 10.5. The van der Waals surface area contributed by atoms with Crippen molar-refractivity contribution in [1.82, 2.24) is 0 Å². The highest BCUT2D eigenvalue weighted by Crippen LogP contribution is 2.29. The summed E-state index contributed by atoms with van der Waals surface area (Å²) in [6.07, 6.45) is -2.00. The highest BCUT2D eigenvalue weighted by atomic mass is 16.6. The molecular formula is C24H31NO8. The van der Waals surface area contributed by atoms with Crippen LogP contribution in [0.3, 0.4) is 0 Å². The number of ether oxygens (including phenoxy) is 5. The number of nitrogens with one attached hydrogen (secondary N) is 1. The van der Waals surface area contributed by atoms with E-state index in [1.165, 1.54) is 14.2 Å². The minimum absolute atomic E-state index is 0.0115. The van der Waals surface area contributed by atoms with E-state index in [1.54, 1.807) is 57.2 Å². The number of rotatable bonds is 12. The molecule has 0 radical (unpaired) electrons. The number of methoxy groups -OCH3 is 2. The van der Waals surface area contributed by atoms with Crippen LogP contribution in [0.4, 0.5) is 10.5 Å². The van der Waals surface area contributed by atoms with Gasteiger partial charge in [-0.2, -0.15) is 0 Å². The molecule has 0 saturated carbocycles. The number of anilines is 1. The van der Waals surface area contributed by atoms with Crippen molar-refractivity contribution in [2.45, 2.75) is 45.5 Å². The van der Waals surface area contributed by atoms with Crippen LogP contribution in [0.1, 0.15) is 26.3 Å². The zero-order valence-corrected chi connectivity index (χ0v) is 19.5. The Hall–Kier alpha value is -3.46. The van der Waals surface area contributed by atoms with Crippen LogP contribution >= 0.6 is 0 Å². The number of aliphatic carboxylic acids is 1. The van der Waals surface area contributed by atoms with Crippen LogP contribution in [0.25, 0.3) is 0 Å². The fraction of sp³-hybridized carbons (Fsp3) is 0.417. The SMILES string of the molecule is COc1ccc(NC(=O)OCC(C)Oc2cccc(CC(OC(C)C)C(=O)O)c2)cc1OC. The number of carbonyl (C=O) groups is 2. The Bertz CT molecular complexity index is 930. The van der Waals surface area contributed by atoms with Gasteiger partial charge < -0.3 is 28.8 Å².